The van der Waals surface area contributed by atoms with E-state index in [1.807, 2.05) is 13.8 Å². The zero-order valence-corrected chi connectivity index (χ0v) is 19.2. The maximum absolute atomic E-state index is 12.9. The first kappa shape index (κ1) is 22.5. The number of fused-ring (bicyclic) bond motifs is 1. The quantitative estimate of drug-likeness (QED) is 0.604. The first-order chi connectivity index (χ1) is 15.6. The monoisotopic (exact) mass is 468 g/mol. The highest BCUT2D eigenvalue weighted by atomic mass is 32.2. The molecule has 33 heavy (non-hydrogen) atoms. The Morgan fingerprint density at radius 2 is 1.82 bits per heavy atom. The molecular formula is C23H24N4O5S. The van der Waals surface area contributed by atoms with E-state index >= 15 is 0 Å². The Morgan fingerprint density at radius 1 is 1.12 bits per heavy atom. The fourth-order valence-electron chi connectivity index (χ4n) is 4.20. The van der Waals surface area contributed by atoms with Crippen molar-refractivity contribution in [3.05, 3.63) is 65.9 Å². The second-order valence-corrected chi connectivity index (χ2v) is 9.94. The van der Waals surface area contributed by atoms with Crippen LogP contribution in [0.3, 0.4) is 0 Å². The zero-order chi connectivity index (χ0) is 23.9. The SMILES string of the molecule is CC(=O)N1c2ccc(-c3ccn(S(=O)(=O)c4ccc(C)cc4)n3)cc2[C@H](NC(=O)O)C[C@@H]1C. The van der Waals surface area contributed by atoms with Crippen LogP contribution in [0.2, 0.25) is 0 Å². The van der Waals surface area contributed by atoms with Crippen LogP contribution < -0.4 is 10.2 Å². The number of amides is 2. The van der Waals surface area contributed by atoms with E-state index in [0.717, 1.165) is 9.65 Å². The molecule has 2 aromatic carbocycles. The van der Waals surface area contributed by atoms with Crippen molar-refractivity contribution in [2.75, 3.05) is 4.90 Å². The fraction of sp³-hybridized carbons (Fsp3) is 0.261. The average Bonchev–Trinajstić information content (AvgIpc) is 3.24. The molecule has 3 aromatic rings. The molecule has 0 spiro atoms. The number of nitrogens with one attached hydrogen (secondary N) is 1. The number of hydrogen-bond donors (Lipinski definition) is 2. The van der Waals surface area contributed by atoms with Crippen LogP contribution in [0.4, 0.5) is 10.5 Å². The Labute approximate surface area is 191 Å². The molecule has 2 atom stereocenters. The minimum absolute atomic E-state index is 0.130. The predicted octanol–water partition coefficient (Wildman–Crippen LogP) is 3.55. The van der Waals surface area contributed by atoms with Crippen LogP contribution >= 0.6 is 0 Å². The number of aromatic nitrogens is 2. The van der Waals surface area contributed by atoms with Crippen molar-refractivity contribution in [2.45, 2.75) is 44.2 Å². The molecular weight excluding hydrogens is 444 g/mol. The third kappa shape index (κ3) is 4.21. The fourth-order valence-corrected chi connectivity index (χ4v) is 5.31. The van der Waals surface area contributed by atoms with Crippen molar-refractivity contribution in [3.8, 4) is 11.3 Å². The predicted molar refractivity (Wildman–Crippen MR) is 123 cm³/mol. The number of hydrogen-bond acceptors (Lipinski definition) is 5. The topological polar surface area (TPSA) is 122 Å². The Hall–Kier alpha value is -3.66. The third-order valence-electron chi connectivity index (χ3n) is 5.74. The highest BCUT2D eigenvalue weighted by Gasteiger charge is 2.33. The molecule has 172 valence electrons. The van der Waals surface area contributed by atoms with Crippen molar-refractivity contribution in [2.24, 2.45) is 0 Å². The number of carboxylic acid groups (broad SMARTS) is 1. The van der Waals surface area contributed by atoms with Gasteiger partial charge >= 0.3 is 6.09 Å². The molecule has 0 unspecified atom stereocenters. The van der Waals surface area contributed by atoms with E-state index in [1.54, 1.807) is 41.3 Å². The van der Waals surface area contributed by atoms with E-state index in [1.165, 1.54) is 25.3 Å². The summed E-state index contributed by atoms with van der Waals surface area (Å²) in [4.78, 5) is 25.3. The molecule has 2 amide bonds. The summed E-state index contributed by atoms with van der Waals surface area (Å²) in [5.74, 6) is -0.140. The molecule has 1 aliphatic rings. The van der Waals surface area contributed by atoms with Gasteiger partial charge in [-0.05, 0) is 56.2 Å². The molecule has 10 heteroatoms. The van der Waals surface area contributed by atoms with E-state index < -0.39 is 22.2 Å². The Balaban J connectivity index is 1.74. The van der Waals surface area contributed by atoms with Gasteiger partial charge in [0.2, 0.25) is 5.91 Å². The number of rotatable bonds is 4. The van der Waals surface area contributed by atoms with Crippen molar-refractivity contribution in [1.82, 2.24) is 14.5 Å². The van der Waals surface area contributed by atoms with Crippen molar-refractivity contribution >= 4 is 27.7 Å². The summed E-state index contributed by atoms with van der Waals surface area (Å²) in [5.41, 5.74) is 3.23. The zero-order valence-electron chi connectivity index (χ0n) is 18.4. The number of benzene rings is 2. The van der Waals surface area contributed by atoms with Crippen LogP contribution in [0.15, 0.2) is 59.6 Å². The lowest BCUT2D eigenvalue weighted by atomic mass is 9.90. The van der Waals surface area contributed by atoms with Crippen molar-refractivity contribution in [3.63, 3.8) is 0 Å². The van der Waals surface area contributed by atoms with Gasteiger partial charge in [0.1, 0.15) is 0 Å². The summed E-state index contributed by atoms with van der Waals surface area (Å²) in [6.45, 7) is 5.21. The number of aryl methyl sites for hydroxylation is 1. The molecule has 2 heterocycles. The molecule has 2 N–H and O–H groups in total. The van der Waals surface area contributed by atoms with Gasteiger partial charge < -0.3 is 15.3 Å². The molecule has 0 fully saturated rings. The molecule has 4 rings (SSSR count). The summed E-state index contributed by atoms with van der Waals surface area (Å²) in [5, 5.41) is 16.1. The third-order valence-corrected chi connectivity index (χ3v) is 7.31. The van der Waals surface area contributed by atoms with Crippen LogP contribution in [0.5, 0.6) is 0 Å². The van der Waals surface area contributed by atoms with Gasteiger partial charge in [-0.3, -0.25) is 4.79 Å². The summed E-state index contributed by atoms with van der Waals surface area (Å²) < 4.78 is 26.8. The standard InChI is InChI=1S/C23H24N4O5S/c1-14-4-7-18(8-5-14)33(31,32)26-11-10-20(25-26)17-6-9-22-19(13-17)21(24-23(29)30)12-15(2)27(22)16(3)28/h4-11,13,15,21,24H,12H2,1-3H3,(H,29,30)/t15-,21+/m0/s1. The van der Waals surface area contributed by atoms with Crippen LogP contribution in [-0.2, 0) is 14.8 Å². The van der Waals surface area contributed by atoms with Crippen LogP contribution in [0, 0.1) is 6.92 Å². The van der Waals surface area contributed by atoms with Crippen LogP contribution in [0.25, 0.3) is 11.3 Å². The second-order valence-electron chi connectivity index (χ2n) is 8.14. The van der Waals surface area contributed by atoms with Crippen LogP contribution in [-0.4, -0.2) is 40.8 Å². The number of nitrogens with zero attached hydrogens (tertiary/aromatic N) is 3. The molecule has 0 saturated carbocycles. The highest BCUT2D eigenvalue weighted by Crippen LogP contribution is 2.39. The van der Waals surface area contributed by atoms with Gasteiger partial charge in [0.15, 0.2) is 0 Å². The van der Waals surface area contributed by atoms with Gasteiger partial charge in [0, 0.05) is 30.4 Å². The van der Waals surface area contributed by atoms with Crippen molar-refractivity contribution < 1.29 is 23.1 Å². The lowest BCUT2D eigenvalue weighted by Gasteiger charge is -2.39. The molecule has 0 saturated heterocycles. The van der Waals surface area contributed by atoms with Crippen molar-refractivity contribution in [1.29, 1.82) is 0 Å². The number of carbonyl (C=O) groups is 2. The van der Waals surface area contributed by atoms with E-state index in [0.29, 0.717) is 28.9 Å². The highest BCUT2D eigenvalue weighted by molar-refractivity contribution is 7.89. The lowest BCUT2D eigenvalue weighted by Crippen LogP contribution is -2.45. The maximum atomic E-state index is 12.9. The van der Waals surface area contributed by atoms with E-state index in [-0.39, 0.29) is 16.8 Å². The minimum Gasteiger partial charge on any atom is -0.465 e. The average molecular weight is 469 g/mol. The van der Waals surface area contributed by atoms with E-state index in [2.05, 4.69) is 10.4 Å². The van der Waals surface area contributed by atoms with Gasteiger partial charge in [0.05, 0.1) is 16.6 Å². The van der Waals surface area contributed by atoms with E-state index in [9.17, 15) is 23.1 Å². The van der Waals surface area contributed by atoms with E-state index in [4.69, 9.17) is 0 Å². The van der Waals surface area contributed by atoms with Gasteiger partial charge in [-0.15, -0.1) is 0 Å². The molecule has 0 aliphatic carbocycles. The van der Waals surface area contributed by atoms with Gasteiger partial charge in [-0.1, -0.05) is 23.8 Å². The van der Waals surface area contributed by atoms with Gasteiger partial charge in [-0.25, -0.2) is 4.79 Å². The molecule has 1 aromatic heterocycles. The first-order valence-corrected chi connectivity index (χ1v) is 11.8. The Morgan fingerprint density at radius 3 is 2.45 bits per heavy atom. The molecule has 9 nitrogen and oxygen atoms in total. The summed E-state index contributed by atoms with van der Waals surface area (Å²) in [7, 11) is -3.85. The largest absolute Gasteiger partial charge is 0.465 e. The normalized spacial score (nSPS) is 18.0. The van der Waals surface area contributed by atoms with Gasteiger partial charge in [-0.2, -0.15) is 17.6 Å². The Bertz CT molecular complexity index is 1330. The summed E-state index contributed by atoms with van der Waals surface area (Å²) in [6.07, 6.45) is 0.632. The first-order valence-electron chi connectivity index (χ1n) is 10.4. The van der Waals surface area contributed by atoms with Gasteiger partial charge in [0.25, 0.3) is 10.0 Å². The second kappa shape index (κ2) is 8.36. The number of anilines is 1. The molecule has 1 aliphatic heterocycles. The number of carbonyl (C=O) groups excluding carboxylic acids is 1. The maximum Gasteiger partial charge on any atom is 0.405 e. The lowest BCUT2D eigenvalue weighted by molar-refractivity contribution is -0.117. The molecule has 0 radical (unpaired) electrons. The van der Waals surface area contributed by atoms with Crippen LogP contribution in [0.1, 0.15) is 37.4 Å². The smallest absolute Gasteiger partial charge is 0.405 e. The minimum atomic E-state index is -3.85. The summed E-state index contributed by atoms with van der Waals surface area (Å²) in [6, 6.07) is 12.6. The summed E-state index contributed by atoms with van der Waals surface area (Å²) >= 11 is 0. The Kier molecular flexibility index (Phi) is 5.71. The molecule has 0 bridgehead atoms.